The number of hydrogen-bond acceptors (Lipinski definition) is 2. The summed E-state index contributed by atoms with van der Waals surface area (Å²) in [5.41, 5.74) is 1.92. The number of nitrogens with one attached hydrogen (secondary N) is 2. The lowest BCUT2D eigenvalue weighted by Gasteiger charge is -2.12. The minimum absolute atomic E-state index is 0.201. The minimum Gasteiger partial charge on any atom is -0.478 e. The number of benzene rings is 2. The van der Waals surface area contributed by atoms with Crippen LogP contribution in [0.1, 0.15) is 15.9 Å². The number of halogens is 1. The second kappa shape index (κ2) is 7.19. The van der Waals surface area contributed by atoms with E-state index in [0.29, 0.717) is 17.3 Å². The molecule has 0 aliphatic carbocycles. The molecule has 0 radical (unpaired) electrons. The van der Waals surface area contributed by atoms with Gasteiger partial charge in [-0.2, -0.15) is 0 Å². The Balaban J connectivity index is 1.99. The van der Waals surface area contributed by atoms with Gasteiger partial charge in [0.2, 0.25) is 0 Å². The lowest BCUT2D eigenvalue weighted by atomic mass is 10.2. The predicted octanol–water partition coefficient (Wildman–Crippen LogP) is 3.63. The second-order valence-corrected chi connectivity index (χ2v) is 5.56. The molecule has 6 heteroatoms. The van der Waals surface area contributed by atoms with Gasteiger partial charge in [-0.1, -0.05) is 30.3 Å². The van der Waals surface area contributed by atoms with Crippen molar-refractivity contribution in [2.45, 2.75) is 6.54 Å². The first-order valence-corrected chi connectivity index (χ1v) is 7.38. The monoisotopic (exact) mass is 364 g/mol. The molecule has 2 aromatic rings. The van der Waals surface area contributed by atoms with E-state index in [4.69, 9.17) is 17.3 Å². The van der Waals surface area contributed by atoms with E-state index >= 15 is 0 Å². The molecule has 4 nitrogen and oxygen atoms in total. The van der Waals surface area contributed by atoms with Gasteiger partial charge in [0.15, 0.2) is 5.11 Å². The highest BCUT2D eigenvalue weighted by Gasteiger charge is 2.08. The van der Waals surface area contributed by atoms with Crippen LogP contribution in [0.3, 0.4) is 0 Å². The fourth-order valence-electron chi connectivity index (χ4n) is 1.70. The minimum atomic E-state index is -0.978. The molecule has 0 saturated carbocycles. The van der Waals surface area contributed by atoms with Crippen LogP contribution >= 0.6 is 28.1 Å². The maximum Gasteiger partial charge on any atom is 0.335 e. The van der Waals surface area contributed by atoms with Crippen molar-refractivity contribution in [3.05, 3.63) is 64.1 Å². The van der Waals surface area contributed by atoms with Crippen molar-refractivity contribution in [3.63, 3.8) is 0 Å². The van der Waals surface area contributed by atoms with Crippen molar-refractivity contribution in [3.8, 4) is 0 Å². The third-order valence-corrected chi connectivity index (χ3v) is 3.70. The number of carboxylic acids is 1. The normalized spacial score (nSPS) is 9.95. The van der Waals surface area contributed by atoms with Crippen LogP contribution in [-0.4, -0.2) is 16.2 Å². The summed E-state index contributed by atoms with van der Waals surface area (Å²) < 4.78 is 0.747. The summed E-state index contributed by atoms with van der Waals surface area (Å²) in [7, 11) is 0. The zero-order valence-electron chi connectivity index (χ0n) is 11.0. The predicted molar refractivity (Wildman–Crippen MR) is 90.6 cm³/mol. The summed E-state index contributed by atoms with van der Waals surface area (Å²) in [4.78, 5) is 11.0. The number of carbonyl (C=O) groups is 1. The van der Waals surface area contributed by atoms with E-state index in [1.165, 1.54) is 12.1 Å². The number of thiocarbonyl (C=S) groups is 1. The Labute approximate surface area is 136 Å². The van der Waals surface area contributed by atoms with Crippen molar-refractivity contribution < 1.29 is 9.90 Å². The molecule has 0 aromatic heterocycles. The SMILES string of the molecule is O=C(O)c1ccc(Br)c(NC(=S)NCc2ccccc2)c1. The maximum absolute atomic E-state index is 11.0. The highest BCUT2D eigenvalue weighted by Crippen LogP contribution is 2.23. The number of rotatable bonds is 4. The van der Waals surface area contributed by atoms with Crippen LogP contribution in [0.15, 0.2) is 53.0 Å². The first-order chi connectivity index (χ1) is 10.1. The molecule has 21 heavy (non-hydrogen) atoms. The van der Waals surface area contributed by atoms with E-state index in [-0.39, 0.29) is 5.56 Å². The van der Waals surface area contributed by atoms with Crippen LogP contribution in [0.25, 0.3) is 0 Å². The van der Waals surface area contributed by atoms with Gasteiger partial charge in [-0.15, -0.1) is 0 Å². The van der Waals surface area contributed by atoms with E-state index in [2.05, 4.69) is 26.6 Å². The second-order valence-electron chi connectivity index (χ2n) is 4.29. The smallest absolute Gasteiger partial charge is 0.335 e. The van der Waals surface area contributed by atoms with Crippen LogP contribution in [0.4, 0.5) is 5.69 Å². The van der Waals surface area contributed by atoms with Crippen molar-refractivity contribution in [2.24, 2.45) is 0 Å². The fourth-order valence-corrected chi connectivity index (χ4v) is 2.23. The van der Waals surface area contributed by atoms with E-state index < -0.39 is 5.97 Å². The highest BCUT2D eigenvalue weighted by atomic mass is 79.9. The number of hydrogen-bond donors (Lipinski definition) is 3. The molecule has 0 bridgehead atoms. The van der Waals surface area contributed by atoms with Gasteiger partial charge in [0.1, 0.15) is 0 Å². The van der Waals surface area contributed by atoms with Gasteiger partial charge in [-0.25, -0.2) is 4.79 Å². The number of carboxylic acid groups (broad SMARTS) is 1. The summed E-state index contributed by atoms with van der Waals surface area (Å²) in [5.74, 6) is -0.978. The molecule has 2 aromatic carbocycles. The molecule has 0 aliphatic rings. The fraction of sp³-hybridized carbons (Fsp3) is 0.0667. The highest BCUT2D eigenvalue weighted by molar-refractivity contribution is 9.10. The number of aromatic carboxylic acids is 1. The van der Waals surface area contributed by atoms with Crippen LogP contribution in [0.5, 0.6) is 0 Å². The van der Waals surface area contributed by atoms with E-state index in [1.807, 2.05) is 30.3 Å². The standard InChI is InChI=1S/C15H13BrN2O2S/c16-12-7-6-11(14(19)20)8-13(12)18-15(21)17-9-10-4-2-1-3-5-10/h1-8H,9H2,(H,19,20)(H2,17,18,21). The molecule has 0 atom stereocenters. The van der Waals surface area contributed by atoms with Crippen LogP contribution in [0, 0.1) is 0 Å². The van der Waals surface area contributed by atoms with E-state index in [1.54, 1.807) is 6.07 Å². The molecule has 0 fully saturated rings. The molecule has 0 amide bonds. The van der Waals surface area contributed by atoms with Gasteiger partial charge in [0.05, 0.1) is 11.3 Å². The summed E-state index contributed by atoms with van der Waals surface area (Å²) in [5, 5.41) is 15.5. The van der Waals surface area contributed by atoms with Gasteiger partial charge in [-0.3, -0.25) is 0 Å². The third-order valence-electron chi connectivity index (χ3n) is 2.76. The molecule has 0 saturated heterocycles. The molecule has 0 spiro atoms. The average molecular weight is 365 g/mol. The summed E-state index contributed by atoms with van der Waals surface area (Å²) in [6.45, 7) is 0.600. The van der Waals surface area contributed by atoms with E-state index in [9.17, 15) is 4.79 Å². The summed E-state index contributed by atoms with van der Waals surface area (Å²) >= 11 is 8.57. The van der Waals surface area contributed by atoms with Crippen molar-refractivity contribution in [1.29, 1.82) is 0 Å². The van der Waals surface area contributed by atoms with Crippen molar-refractivity contribution >= 4 is 44.9 Å². The summed E-state index contributed by atoms with van der Waals surface area (Å²) in [6.07, 6.45) is 0. The van der Waals surface area contributed by atoms with E-state index in [0.717, 1.165) is 10.0 Å². The average Bonchev–Trinajstić information content (AvgIpc) is 2.48. The largest absolute Gasteiger partial charge is 0.478 e. The lowest BCUT2D eigenvalue weighted by Crippen LogP contribution is -2.28. The molecular weight excluding hydrogens is 352 g/mol. The number of anilines is 1. The van der Waals surface area contributed by atoms with Crippen molar-refractivity contribution in [2.75, 3.05) is 5.32 Å². The Morgan fingerprint density at radius 2 is 1.90 bits per heavy atom. The Bertz CT molecular complexity index is 662. The molecular formula is C15H13BrN2O2S. The van der Waals surface area contributed by atoms with Crippen molar-refractivity contribution in [1.82, 2.24) is 5.32 Å². The molecule has 0 heterocycles. The van der Waals surface area contributed by atoms with Gasteiger partial charge in [0, 0.05) is 11.0 Å². The maximum atomic E-state index is 11.0. The van der Waals surface area contributed by atoms with Gasteiger partial charge >= 0.3 is 5.97 Å². The first kappa shape index (κ1) is 15.5. The zero-order valence-corrected chi connectivity index (χ0v) is 13.4. The van der Waals surface area contributed by atoms with Crippen LogP contribution < -0.4 is 10.6 Å². The Morgan fingerprint density at radius 3 is 2.57 bits per heavy atom. The Kier molecular flexibility index (Phi) is 5.30. The van der Waals surface area contributed by atoms with Gasteiger partial charge in [-0.05, 0) is 51.9 Å². The quantitative estimate of drug-likeness (QED) is 0.723. The third kappa shape index (κ3) is 4.54. The molecule has 3 N–H and O–H groups in total. The van der Waals surface area contributed by atoms with Gasteiger partial charge in [0.25, 0.3) is 0 Å². The van der Waals surface area contributed by atoms with Gasteiger partial charge < -0.3 is 15.7 Å². The first-order valence-electron chi connectivity index (χ1n) is 6.18. The molecule has 2 rings (SSSR count). The molecule has 0 aliphatic heterocycles. The molecule has 0 unspecified atom stereocenters. The Hall–Kier alpha value is -1.92. The molecule has 108 valence electrons. The lowest BCUT2D eigenvalue weighted by molar-refractivity contribution is 0.0697. The zero-order chi connectivity index (χ0) is 15.2. The summed E-state index contributed by atoms with van der Waals surface area (Å²) in [6, 6.07) is 14.6. The Morgan fingerprint density at radius 1 is 1.19 bits per heavy atom. The van der Waals surface area contributed by atoms with Crippen LogP contribution in [0.2, 0.25) is 0 Å². The van der Waals surface area contributed by atoms with Crippen LogP contribution in [-0.2, 0) is 6.54 Å². The topological polar surface area (TPSA) is 61.4 Å².